The van der Waals surface area contributed by atoms with Crippen LogP contribution in [0, 0.1) is 0 Å². The number of benzene rings is 1. The van der Waals surface area contributed by atoms with E-state index in [0.717, 1.165) is 19.3 Å². The quantitative estimate of drug-likeness (QED) is 0.429. The van der Waals surface area contributed by atoms with Crippen LogP contribution in [0.3, 0.4) is 0 Å². The Bertz CT molecular complexity index is 438. The third kappa shape index (κ3) is 2.47. The molecule has 8 heteroatoms. The molecule has 3 nitrogen and oxygen atoms in total. The lowest BCUT2D eigenvalue weighted by molar-refractivity contribution is 0.0438. The largest absolute Gasteiger partial charge is 0.183 e. The van der Waals surface area contributed by atoms with Gasteiger partial charge in [-0.3, -0.25) is 0 Å². The molecule has 1 atom stereocenters. The molecule has 1 aliphatic rings. The molecule has 0 saturated carbocycles. The lowest BCUT2D eigenvalue weighted by Crippen LogP contribution is -2.45. The molecular formula is C9H6Cl5N3. The van der Waals surface area contributed by atoms with Crippen LogP contribution in [-0.4, -0.2) is 19.2 Å². The summed E-state index contributed by atoms with van der Waals surface area (Å²) in [5, 5.41) is 0.291. The van der Waals surface area contributed by atoms with E-state index < -0.39 is 5.50 Å². The molecule has 0 spiro atoms. The second kappa shape index (κ2) is 5.41. The first-order valence-electron chi connectivity index (χ1n) is 4.50. The number of nitrogens with zero attached hydrogens (tertiary/aromatic N) is 3. The predicted molar refractivity (Wildman–Crippen MR) is 71.9 cm³/mol. The van der Waals surface area contributed by atoms with Crippen molar-refractivity contribution in [2.24, 2.45) is 0 Å². The molecule has 1 aromatic rings. The van der Waals surface area contributed by atoms with Crippen molar-refractivity contribution in [1.82, 2.24) is 13.7 Å². The van der Waals surface area contributed by atoms with E-state index in [4.69, 9.17) is 58.5 Å². The van der Waals surface area contributed by atoms with Gasteiger partial charge in [0.05, 0.1) is 10.7 Å². The summed E-state index contributed by atoms with van der Waals surface area (Å²) in [5.41, 5.74) is 0.482. The van der Waals surface area contributed by atoms with Crippen molar-refractivity contribution in [3.8, 4) is 0 Å². The van der Waals surface area contributed by atoms with Crippen LogP contribution in [-0.2, 0) is 0 Å². The van der Waals surface area contributed by atoms with Crippen LogP contribution in [0.25, 0.3) is 5.70 Å². The summed E-state index contributed by atoms with van der Waals surface area (Å²) in [4.78, 5) is 0. The third-order valence-electron chi connectivity index (χ3n) is 2.16. The standard InChI is InChI=1S/C9H6Cl5N3/c10-7-8(6-4-2-1-3-5-6)15(12)17(14)16(13)9(7)11/h1-5,9H. The second-order valence-corrected chi connectivity index (χ2v) is 4.98. The number of halogens is 5. The first-order chi connectivity index (χ1) is 8.04. The van der Waals surface area contributed by atoms with Gasteiger partial charge in [0.2, 0.25) is 0 Å². The van der Waals surface area contributed by atoms with E-state index in [-0.39, 0.29) is 0 Å². The fourth-order valence-electron chi connectivity index (χ4n) is 1.38. The topological polar surface area (TPSA) is 9.72 Å². The molecule has 1 heterocycles. The van der Waals surface area contributed by atoms with E-state index in [1.165, 1.54) is 0 Å². The zero-order valence-corrected chi connectivity index (χ0v) is 12.0. The number of hydrazine groups is 2. The molecule has 0 saturated heterocycles. The minimum atomic E-state index is -0.791. The second-order valence-electron chi connectivity index (χ2n) is 3.19. The molecule has 1 unspecified atom stereocenters. The van der Waals surface area contributed by atoms with Crippen LogP contribution >= 0.6 is 58.5 Å². The Morgan fingerprint density at radius 3 is 2.18 bits per heavy atom. The van der Waals surface area contributed by atoms with Crippen molar-refractivity contribution in [3.05, 3.63) is 40.9 Å². The molecule has 0 bridgehead atoms. The minimum Gasteiger partial charge on any atom is -0.183 e. The average molecular weight is 333 g/mol. The van der Waals surface area contributed by atoms with Gasteiger partial charge < -0.3 is 0 Å². The zero-order valence-electron chi connectivity index (χ0n) is 8.20. The van der Waals surface area contributed by atoms with Crippen LogP contribution in [0.4, 0.5) is 0 Å². The third-order valence-corrected chi connectivity index (χ3v) is 4.28. The Kier molecular flexibility index (Phi) is 4.31. The van der Waals surface area contributed by atoms with Crippen LogP contribution in [0.15, 0.2) is 35.4 Å². The summed E-state index contributed by atoms with van der Waals surface area (Å²) in [6.45, 7) is 0. The lowest BCUT2D eigenvalue weighted by atomic mass is 10.1. The van der Waals surface area contributed by atoms with Gasteiger partial charge in [0, 0.05) is 29.1 Å². The van der Waals surface area contributed by atoms with Gasteiger partial charge in [-0.25, -0.2) is 0 Å². The molecule has 1 aliphatic heterocycles. The number of hydrogen-bond acceptors (Lipinski definition) is 3. The predicted octanol–water partition coefficient (Wildman–Crippen LogP) is 4.37. The maximum Gasteiger partial charge on any atom is 0.155 e. The molecule has 2 rings (SSSR count). The molecule has 0 aromatic heterocycles. The molecule has 17 heavy (non-hydrogen) atoms. The van der Waals surface area contributed by atoms with Gasteiger partial charge in [-0.2, -0.15) is 4.53 Å². The number of alkyl halides is 1. The molecule has 92 valence electrons. The smallest absolute Gasteiger partial charge is 0.155 e. The van der Waals surface area contributed by atoms with Gasteiger partial charge >= 0.3 is 0 Å². The van der Waals surface area contributed by atoms with Crippen molar-refractivity contribution in [2.75, 3.05) is 0 Å². The van der Waals surface area contributed by atoms with Gasteiger partial charge in [0.25, 0.3) is 0 Å². The van der Waals surface area contributed by atoms with Crippen molar-refractivity contribution < 1.29 is 0 Å². The maximum atomic E-state index is 6.13. The molecule has 0 N–H and O–H groups in total. The number of rotatable bonds is 1. The molecule has 1 aromatic carbocycles. The summed E-state index contributed by atoms with van der Waals surface area (Å²) in [7, 11) is 0. The molecule has 0 aliphatic carbocycles. The van der Waals surface area contributed by atoms with Crippen molar-refractivity contribution in [1.29, 1.82) is 0 Å². The molecule has 0 radical (unpaired) electrons. The first kappa shape index (κ1) is 13.6. The Balaban J connectivity index is 2.50. The summed E-state index contributed by atoms with van der Waals surface area (Å²) >= 11 is 29.8. The van der Waals surface area contributed by atoms with E-state index in [2.05, 4.69) is 0 Å². The van der Waals surface area contributed by atoms with Gasteiger partial charge in [0.15, 0.2) is 5.50 Å². The lowest BCUT2D eigenvalue weighted by Gasteiger charge is -2.38. The van der Waals surface area contributed by atoms with Crippen molar-refractivity contribution >= 4 is 64.2 Å². The van der Waals surface area contributed by atoms with Crippen LogP contribution in [0.5, 0.6) is 0 Å². The summed E-state index contributed by atoms with van der Waals surface area (Å²) < 4.78 is 3.00. The average Bonchev–Trinajstić information content (AvgIpc) is 2.36. The van der Waals surface area contributed by atoms with E-state index in [1.807, 2.05) is 30.3 Å². The Labute approximate surface area is 124 Å². The summed E-state index contributed by atoms with van der Waals surface area (Å²) in [6.07, 6.45) is 0. The Hall–Kier alpha value is 0.130. The van der Waals surface area contributed by atoms with E-state index in [1.54, 1.807) is 0 Å². The minimum absolute atomic E-state index is 0.291. The molecule has 0 fully saturated rings. The molecule has 0 amide bonds. The van der Waals surface area contributed by atoms with Gasteiger partial charge in [-0.05, 0) is 16.4 Å². The summed E-state index contributed by atoms with van der Waals surface area (Å²) in [5.74, 6) is 0. The van der Waals surface area contributed by atoms with Gasteiger partial charge in [-0.15, -0.1) is 0 Å². The number of hydrogen-bond donors (Lipinski definition) is 0. The highest BCUT2D eigenvalue weighted by molar-refractivity contribution is 6.42. The van der Waals surface area contributed by atoms with E-state index >= 15 is 0 Å². The van der Waals surface area contributed by atoms with Crippen LogP contribution in [0.1, 0.15) is 5.56 Å². The Morgan fingerprint density at radius 1 is 1.00 bits per heavy atom. The highest BCUT2D eigenvalue weighted by Crippen LogP contribution is 2.40. The first-order valence-corrected chi connectivity index (χ1v) is 6.32. The maximum absolute atomic E-state index is 6.13. The molecular weight excluding hydrogens is 327 g/mol. The van der Waals surface area contributed by atoms with Gasteiger partial charge in [-0.1, -0.05) is 58.1 Å². The van der Waals surface area contributed by atoms with Crippen molar-refractivity contribution in [3.63, 3.8) is 0 Å². The van der Waals surface area contributed by atoms with Crippen molar-refractivity contribution in [2.45, 2.75) is 5.50 Å². The van der Waals surface area contributed by atoms with E-state index in [9.17, 15) is 0 Å². The monoisotopic (exact) mass is 331 g/mol. The zero-order chi connectivity index (χ0) is 12.6. The SMILES string of the molecule is ClC1=C(c2ccccc2)N(Cl)N(Cl)N(Cl)C1Cl. The van der Waals surface area contributed by atoms with E-state index in [0.29, 0.717) is 10.7 Å². The fourth-order valence-corrected chi connectivity index (χ4v) is 2.61. The normalized spacial score (nSPS) is 23.4. The van der Waals surface area contributed by atoms with Gasteiger partial charge in [0.1, 0.15) is 0 Å². The van der Waals surface area contributed by atoms with Crippen LogP contribution in [0.2, 0.25) is 0 Å². The van der Waals surface area contributed by atoms with Crippen LogP contribution < -0.4 is 0 Å². The fraction of sp³-hybridized carbons (Fsp3) is 0.111. The highest BCUT2D eigenvalue weighted by atomic mass is 35.5. The Morgan fingerprint density at radius 2 is 1.59 bits per heavy atom. The highest BCUT2D eigenvalue weighted by Gasteiger charge is 2.37. The summed E-state index contributed by atoms with van der Waals surface area (Å²) in [6, 6.07) is 9.26.